The molecule has 0 bridgehead atoms. The standard InChI is InChI=1S/C12H14BrClFNO4S/c1-3-20-6-7(2)16-12(17)9-4-8(15)5-10(11(9)13)21(14,18)19/h4-5,7H,3,6H2,1-2H3,(H,16,17). The molecular weight excluding hydrogens is 389 g/mol. The largest absolute Gasteiger partial charge is 0.380 e. The van der Waals surface area contributed by atoms with Gasteiger partial charge in [-0.1, -0.05) is 0 Å². The Hall–Kier alpha value is -0.700. The smallest absolute Gasteiger partial charge is 0.262 e. The molecule has 1 aromatic carbocycles. The number of hydrogen-bond acceptors (Lipinski definition) is 4. The SMILES string of the molecule is CCOCC(C)NC(=O)c1cc(F)cc(S(=O)(=O)Cl)c1Br. The van der Waals surface area contributed by atoms with Crippen LogP contribution < -0.4 is 5.32 Å². The van der Waals surface area contributed by atoms with Gasteiger partial charge in [0.1, 0.15) is 10.7 Å². The molecule has 0 aliphatic carbocycles. The van der Waals surface area contributed by atoms with Crippen molar-refractivity contribution in [2.75, 3.05) is 13.2 Å². The zero-order chi connectivity index (χ0) is 16.2. The Bertz CT molecular complexity index is 638. The van der Waals surface area contributed by atoms with Crippen molar-refractivity contribution in [1.29, 1.82) is 0 Å². The Kier molecular flexibility index (Phi) is 6.58. The summed E-state index contributed by atoms with van der Waals surface area (Å²) >= 11 is 2.97. The van der Waals surface area contributed by atoms with Crippen molar-refractivity contribution in [1.82, 2.24) is 5.32 Å². The Morgan fingerprint density at radius 1 is 1.52 bits per heavy atom. The van der Waals surface area contributed by atoms with Crippen LogP contribution in [0.3, 0.4) is 0 Å². The van der Waals surface area contributed by atoms with E-state index in [4.69, 9.17) is 15.4 Å². The highest BCUT2D eigenvalue weighted by molar-refractivity contribution is 9.10. The van der Waals surface area contributed by atoms with Crippen LogP contribution in [0.25, 0.3) is 0 Å². The van der Waals surface area contributed by atoms with Crippen LogP contribution in [0.2, 0.25) is 0 Å². The molecule has 0 radical (unpaired) electrons. The molecule has 21 heavy (non-hydrogen) atoms. The van der Waals surface area contributed by atoms with E-state index in [1.807, 2.05) is 6.92 Å². The maximum atomic E-state index is 13.5. The van der Waals surface area contributed by atoms with Crippen molar-refractivity contribution < 1.29 is 22.3 Å². The van der Waals surface area contributed by atoms with Gasteiger partial charge in [0.15, 0.2) is 0 Å². The van der Waals surface area contributed by atoms with Gasteiger partial charge in [0, 0.05) is 23.3 Å². The number of benzene rings is 1. The first kappa shape index (κ1) is 18.3. The number of amides is 1. The van der Waals surface area contributed by atoms with E-state index in [1.54, 1.807) is 6.92 Å². The first-order valence-corrected chi connectivity index (χ1v) is 9.09. The molecule has 0 aromatic heterocycles. The molecule has 0 aliphatic rings. The lowest BCUT2D eigenvalue weighted by Gasteiger charge is -2.15. The molecule has 0 spiro atoms. The van der Waals surface area contributed by atoms with E-state index in [9.17, 15) is 17.6 Å². The third-order valence-electron chi connectivity index (χ3n) is 2.46. The molecule has 1 rings (SSSR count). The second-order valence-electron chi connectivity index (χ2n) is 4.24. The molecular formula is C12H14BrClFNO4S. The molecule has 0 saturated heterocycles. The molecule has 5 nitrogen and oxygen atoms in total. The maximum absolute atomic E-state index is 13.5. The van der Waals surface area contributed by atoms with Gasteiger partial charge in [0.2, 0.25) is 0 Å². The molecule has 0 saturated carbocycles. The molecule has 1 aromatic rings. The number of ether oxygens (including phenoxy) is 1. The van der Waals surface area contributed by atoms with Gasteiger partial charge in [-0.25, -0.2) is 12.8 Å². The molecule has 1 amide bonds. The number of halogens is 3. The monoisotopic (exact) mass is 401 g/mol. The molecule has 0 aliphatic heterocycles. The molecule has 118 valence electrons. The summed E-state index contributed by atoms with van der Waals surface area (Å²) in [5.41, 5.74) is -0.155. The number of rotatable bonds is 6. The van der Waals surface area contributed by atoms with Gasteiger partial charge in [-0.3, -0.25) is 4.79 Å². The second-order valence-corrected chi connectivity index (χ2v) is 7.56. The van der Waals surface area contributed by atoms with Gasteiger partial charge in [-0.05, 0) is 41.9 Å². The number of carbonyl (C=O) groups is 1. The molecule has 9 heteroatoms. The van der Waals surface area contributed by atoms with Crippen molar-refractivity contribution in [3.63, 3.8) is 0 Å². The number of carbonyl (C=O) groups excluding carboxylic acids is 1. The van der Waals surface area contributed by atoms with E-state index in [2.05, 4.69) is 21.2 Å². The summed E-state index contributed by atoms with van der Waals surface area (Å²) in [5, 5.41) is 2.58. The van der Waals surface area contributed by atoms with Gasteiger partial charge >= 0.3 is 0 Å². The molecule has 1 unspecified atom stereocenters. The highest BCUT2D eigenvalue weighted by Crippen LogP contribution is 2.29. The van der Waals surface area contributed by atoms with E-state index in [-0.39, 0.29) is 22.7 Å². The van der Waals surface area contributed by atoms with Crippen LogP contribution in [0, 0.1) is 5.82 Å². The molecule has 0 fully saturated rings. The molecule has 1 N–H and O–H groups in total. The summed E-state index contributed by atoms with van der Waals surface area (Å²) in [6.45, 7) is 4.31. The Balaban J connectivity index is 3.08. The lowest BCUT2D eigenvalue weighted by molar-refractivity contribution is 0.0870. The van der Waals surface area contributed by atoms with Crippen LogP contribution in [-0.2, 0) is 13.8 Å². The number of hydrogen-bond donors (Lipinski definition) is 1. The number of nitrogens with one attached hydrogen (secondary N) is 1. The summed E-state index contributed by atoms with van der Waals surface area (Å²) in [6, 6.07) is 1.36. The summed E-state index contributed by atoms with van der Waals surface area (Å²) in [6.07, 6.45) is 0. The zero-order valence-corrected chi connectivity index (χ0v) is 14.5. The Morgan fingerprint density at radius 3 is 2.67 bits per heavy atom. The first-order chi connectivity index (χ1) is 9.66. The highest BCUT2D eigenvalue weighted by atomic mass is 79.9. The van der Waals surface area contributed by atoms with Crippen molar-refractivity contribution in [3.8, 4) is 0 Å². The van der Waals surface area contributed by atoms with Crippen molar-refractivity contribution in [2.45, 2.75) is 24.8 Å². The van der Waals surface area contributed by atoms with Crippen LogP contribution in [0.4, 0.5) is 4.39 Å². The van der Waals surface area contributed by atoms with Crippen LogP contribution in [-0.4, -0.2) is 33.6 Å². The van der Waals surface area contributed by atoms with Crippen molar-refractivity contribution >= 4 is 41.6 Å². The third-order valence-corrected chi connectivity index (χ3v) is 4.92. The van der Waals surface area contributed by atoms with Crippen LogP contribution in [0.1, 0.15) is 24.2 Å². The fourth-order valence-electron chi connectivity index (χ4n) is 1.54. The van der Waals surface area contributed by atoms with Gasteiger partial charge in [-0.15, -0.1) is 0 Å². The van der Waals surface area contributed by atoms with E-state index in [0.29, 0.717) is 6.61 Å². The Morgan fingerprint density at radius 2 is 2.14 bits per heavy atom. The lowest BCUT2D eigenvalue weighted by atomic mass is 10.2. The van der Waals surface area contributed by atoms with E-state index in [0.717, 1.165) is 12.1 Å². The fourth-order valence-corrected chi connectivity index (χ4v) is 3.82. The minimum atomic E-state index is -4.17. The van der Waals surface area contributed by atoms with Crippen molar-refractivity contribution in [2.24, 2.45) is 0 Å². The van der Waals surface area contributed by atoms with Crippen molar-refractivity contribution in [3.05, 3.63) is 28.0 Å². The summed E-state index contributed by atoms with van der Waals surface area (Å²) in [5.74, 6) is -1.50. The van der Waals surface area contributed by atoms with Gasteiger partial charge < -0.3 is 10.1 Å². The normalized spacial score (nSPS) is 13.0. The van der Waals surface area contributed by atoms with Crippen LogP contribution >= 0.6 is 26.6 Å². The second kappa shape index (κ2) is 7.53. The van der Waals surface area contributed by atoms with Gasteiger partial charge in [0.05, 0.1) is 16.6 Å². The lowest BCUT2D eigenvalue weighted by Crippen LogP contribution is -2.36. The molecule has 1 atom stereocenters. The van der Waals surface area contributed by atoms with E-state index in [1.165, 1.54) is 0 Å². The fraction of sp³-hybridized carbons (Fsp3) is 0.417. The van der Waals surface area contributed by atoms with Gasteiger partial charge in [-0.2, -0.15) is 0 Å². The summed E-state index contributed by atoms with van der Waals surface area (Å²) in [4.78, 5) is 11.6. The topological polar surface area (TPSA) is 72.5 Å². The van der Waals surface area contributed by atoms with Gasteiger partial charge in [0.25, 0.3) is 15.0 Å². The minimum Gasteiger partial charge on any atom is -0.380 e. The predicted molar refractivity (Wildman–Crippen MR) is 80.6 cm³/mol. The predicted octanol–water partition coefficient (Wildman–Crippen LogP) is 2.67. The van der Waals surface area contributed by atoms with E-state index >= 15 is 0 Å². The summed E-state index contributed by atoms with van der Waals surface area (Å²) in [7, 11) is 1.04. The highest BCUT2D eigenvalue weighted by Gasteiger charge is 2.23. The maximum Gasteiger partial charge on any atom is 0.262 e. The zero-order valence-electron chi connectivity index (χ0n) is 11.3. The average molecular weight is 403 g/mol. The van der Waals surface area contributed by atoms with E-state index < -0.39 is 25.7 Å². The summed E-state index contributed by atoms with van der Waals surface area (Å²) < 4.78 is 41.3. The quantitative estimate of drug-likeness (QED) is 0.743. The first-order valence-electron chi connectivity index (χ1n) is 5.99. The van der Waals surface area contributed by atoms with Crippen LogP contribution in [0.15, 0.2) is 21.5 Å². The average Bonchev–Trinajstić information content (AvgIpc) is 2.37. The third kappa shape index (κ3) is 5.21. The van der Waals surface area contributed by atoms with Crippen LogP contribution in [0.5, 0.6) is 0 Å². The Labute approximate surface area is 135 Å². The molecule has 0 heterocycles. The minimum absolute atomic E-state index is 0.0833.